The number of amides is 1. The number of piperidine rings is 1. The molecule has 1 fully saturated rings. The van der Waals surface area contributed by atoms with Gasteiger partial charge in [0, 0.05) is 32.4 Å². The van der Waals surface area contributed by atoms with Gasteiger partial charge in [0.15, 0.2) is 0 Å². The van der Waals surface area contributed by atoms with E-state index in [0.717, 1.165) is 24.9 Å². The molecule has 3 aromatic heterocycles. The topological polar surface area (TPSA) is 87.9 Å². The van der Waals surface area contributed by atoms with Crippen molar-refractivity contribution in [3.05, 3.63) is 41.9 Å². The number of rotatable bonds is 2. The molecular formula is C16H17N5O2. The molecule has 4 heterocycles. The third-order valence-corrected chi connectivity index (χ3v) is 4.26. The summed E-state index contributed by atoms with van der Waals surface area (Å²) in [6, 6.07) is 3.77. The number of carbonyl (C=O) groups excluding carboxylic acids is 1. The van der Waals surface area contributed by atoms with Crippen molar-refractivity contribution in [3.8, 4) is 0 Å². The van der Waals surface area contributed by atoms with E-state index in [4.69, 9.17) is 4.42 Å². The van der Waals surface area contributed by atoms with Crippen LogP contribution in [0.4, 0.5) is 0 Å². The van der Waals surface area contributed by atoms with Gasteiger partial charge in [-0.1, -0.05) is 0 Å². The predicted molar refractivity (Wildman–Crippen MR) is 83.0 cm³/mol. The van der Waals surface area contributed by atoms with Crippen molar-refractivity contribution in [2.75, 3.05) is 13.1 Å². The van der Waals surface area contributed by atoms with Crippen molar-refractivity contribution < 1.29 is 9.21 Å². The van der Waals surface area contributed by atoms with Gasteiger partial charge in [0.2, 0.25) is 11.8 Å². The van der Waals surface area contributed by atoms with Gasteiger partial charge in [0.1, 0.15) is 5.52 Å². The lowest BCUT2D eigenvalue weighted by Gasteiger charge is -2.30. The maximum atomic E-state index is 12.9. The van der Waals surface area contributed by atoms with Gasteiger partial charge in [-0.15, -0.1) is 10.2 Å². The summed E-state index contributed by atoms with van der Waals surface area (Å²) in [5, 5.41) is 7.99. The van der Waals surface area contributed by atoms with Crippen LogP contribution >= 0.6 is 0 Å². The van der Waals surface area contributed by atoms with Gasteiger partial charge in [-0.25, -0.2) is 0 Å². The first-order chi connectivity index (χ1) is 11.2. The fraction of sp³-hybridized carbons (Fsp3) is 0.375. The third-order valence-electron chi connectivity index (χ3n) is 4.26. The summed E-state index contributed by atoms with van der Waals surface area (Å²) in [4.78, 5) is 22.1. The molecule has 7 nitrogen and oxygen atoms in total. The van der Waals surface area contributed by atoms with E-state index in [1.165, 1.54) is 0 Å². The van der Waals surface area contributed by atoms with Crippen LogP contribution < -0.4 is 0 Å². The second-order valence-electron chi connectivity index (χ2n) is 5.85. The highest BCUT2D eigenvalue weighted by atomic mass is 16.4. The van der Waals surface area contributed by atoms with E-state index in [9.17, 15) is 4.79 Å². The second kappa shape index (κ2) is 5.49. The molecule has 0 spiro atoms. The molecular weight excluding hydrogens is 294 g/mol. The fourth-order valence-electron chi connectivity index (χ4n) is 3.13. The van der Waals surface area contributed by atoms with E-state index < -0.39 is 0 Å². The van der Waals surface area contributed by atoms with Gasteiger partial charge < -0.3 is 14.3 Å². The molecule has 3 aromatic rings. The minimum Gasteiger partial charge on any atom is -0.425 e. The summed E-state index contributed by atoms with van der Waals surface area (Å²) in [6.07, 6.45) is 5.32. The molecule has 1 amide bonds. The van der Waals surface area contributed by atoms with E-state index >= 15 is 0 Å². The van der Waals surface area contributed by atoms with Crippen LogP contribution in [0.5, 0.6) is 0 Å². The molecule has 1 unspecified atom stereocenters. The van der Waals surface area contributed by atoms with Crippen LogP contribution in [0, 0.1) is 6.92 Å². The largest absolute Gasteiger partial charge is 0.425 e. The number of carbonyl (C=O) groups is 1. The normalized spacial score (nSPS) is 18.5. The SMILES string of the molecule is Cc1nnc(C2CCCN(C(=O)c3c[nH]c4cccnc34)C2)o1. The summed E-state index contributed by atoms with van der Waals surface area (Å²) >= 11 is 0. The monoisotopic (exact) mass is 311 g/mol. The number of nitrogens with zero attached hydrogens (tertiary/aromatic N) is 4. The first-order valence-electron chi connectivity index (χ1n) is 7.74. The molecule has 1 aliphatic rings. The van der Waals surface area contributed by atoms with Gasteiger partial charge in [0.05, 0.1) is 17.0 Å². The first-order valence-corrected chi connectivity index (χ1v) is 7.74. The molecule has 1 atom stereocenters. The summed E-state index contributed by atoms with van der Waals surface area (Å²) < 4.78 is 5.53. The maximum absolute atomic E-state index is 12.9. The zero-order chi connectivity index (χ0) is 15.8. The van der Waals surface area contributed by atoms with Crippen LogP contribution in [0.2, 0.25) is 0 Å². The van der Waals surface area contributed by atoms with Gasteiger partial charge in [-0.2, -0.15) is 0 Å². The van der Waals surface area contributed by atoms with Crippen molar-refractivity contribution in [1.82, 2.24) is 25.1 Å². The Kier molecular flexibility index (Phi) is 3.33. The molecule has 0 bridgehead atoms. The van der Waals surface area contributed by atoms with E-state index in [1.807, 2.05) is 17.0 Å². The summed E-state index contributed by atoms with van der Waals surface area (Å²) in [5.74, 6) is 1.28. The van der Waals surface area contributed by atoms with Crippen molar-refractivity contribution in [2.45, 2.75) is 25.7 Å². The Morgan fingerprint density at radius 2 is 2.35 bits per heavy atom. The van der Waals surface area contributed by atoms with Gasteiger partial charge in [-0.05, 0) is 25.0 Å². The number of pyridine rings is 1. The molecule has 0 radical (unpaired) electrons. The number of aromatic nitrogens is 4. The molecule has 7 heteroatoms. The zero-order valence-electron chi connectivity index (χ0n) is 12.8. The fourth-order valence-corrected chi connectivity index (χ4v) is 3.13. The van der Waals surface area contributed by atoms with Crippen molar-refractivity contribution in [2.24, 2.45) is 0 Å². The number of nitrogens with one attached hydrogen (secondary N) is 1. The highest BCUT2D eigenvalue weighted by Gasteiger charge is 2.29. The molecule has 0 aliphatic carbocycles. The van der Waals surface area contributed by atoms with Crippen LogP contribution in [0.3, 0.4) is 0 Å². The average molecular weight is 311 g/mol. The van der Waals surface area contributed by atoms with E-state index in [2.05, 4.69) is 20.2 Å². The zero-order valence-corrected chi connectivity index (χ0v) is 12.8. The Labute approximate surface area is 132 Å². The maximum Gasteiger partial charge on any atom is 0.257 e. The lowest BCUT2D eigenvalue weighted by Crippen LogP contribution is -2.39. The van der Waals surface area contributed by atoms with E-state index in [1.54, 1.807) is 19.3 Å². The third kappa shape index (κ3) is 2.48. The molecule has 118 valence electrons. The predicted octanol–water partition coefficient (Wildman–Crippen LogP) is 2.27. The number of aromatic amines is 1. The van der Waals surface area contributed by atoms with Crippen molar-refractivity contribution in [3.63, 3.8) is 0 Å². The quantitative estimate of drug-likeness (QED) is 0.784. The number of aryl methyl sites for hydroxylation is 1. The highest BCUT2D eigenvalue weighted by molar-refractivity contribution is 6.05. The Balaban J connectivity index is 1.58. The lowest BCUT2D eigenvalue weighted by molar-refractivity contribution is 0.0700. The Morgan fingerprint density at radius 3 is 3.17 bits per heavy atom. The second-order valence-corrected chi connectivity index (χ2v) is 5.85. The molecule has 1 aliphatic heterocycles. The Hall–Kier alpha value is -2.70. The van der Waals surface area contributed by atoms with Gasteiger partial charge in [-0.3, -0.25) is 9.78 Å². The standard InChI is InChI=1S/C16H17N5O2/c1-10-19-20-15(23-10)11-4-3-7-21(9-11)16(22)12-8-18-13-5-2-6-17-14(12)13/h2,5-6,8,11,18H,3-4,7,9H2,1H3. The van der Waals surface area contributed by atoms with Crippen molar-refractivity contribution in [1.29, 1.82) is 0 Å². The lowest BCUT2D eigenvalue weighted by atomic mass is 9.97. The minimum absolute atomic E-state index is 0.00381. The minimum atomic E-state index is -0.00381. The van der Waals surface area contributed by atoms with Gasteiger partial charge >= 0.3 is 0 Å². The average Bonchev–Trinajstić information content (AvgIpc) is 3.20. The smallest absolute Gasteiger partial charge is 0.257 e. The molecule has 0 aromatic carbocycles. The van der Waals surface area contributed by atoms with Crippen molar-refractivity contribution >= 4 is 16.9 Å². The number of hydrogen-bond acceptors (Lipinski definition) is 5. The molecule has 0 saturated carbocycles. The molecule has 1 saturated heterocycles. The van der Waals surface area contributed by atoms with Crippen LogP contribution in [-0.2, 0) is 0 Å². The van der Waals surface area contributed by atoms with Gasteiger partial charge in [0.25, 0.3) is 5.91 Å². The number of H-pyrrole nitrogens is 1. The Bertz CT molecular complexity index is 853. The Morgan fingerprint density at radius 1 is 1.43 bits per heavy atom. The van der Waals surface area contributed by atoms with Crippen LogP contribution in [-0.4, -0.2) is 44.1 Å². The highest BCUT2D eigenvalue weighted by Crippen LogP contribution is 2.27. The van der Waals surface area contributed by atoms with E-state index in [0.29, 0.717) is 29.4 Å². The first kappa shape index (κ1) is 13.9. The summed E-state index contributed by atoms with van der Waals surface area (Å²) in [7, 11) is 0. The number of hydrogen-bond donors (Lipinski definition) is 1. The van der Waals surface area contributed by atoms with Crippen LogP contribution in [0.15, 0.2) is 28.9 Å². The molecule has 23 heavy (non-hydrogen) atoms. The van der Waals surface area contributed by atoms with E-state index in [-0.39, 0.29) is 11.8 Å². The number of likely N-dealkylation sites (tertiary alicyclic amines) is 1. The number of fused-ring (bicyclic) bond motifs is 1. The van der Waals surface area contributed by atoms with Crippen LogP contribution in [0.1, 0.15) is 40.9 Å². The molecule has 4 rings (SSSR count). The van der Waals surface area contributed by atoms with Crippen LogP contribution in [0.25, 0.3) is 11.0 Å². The summed E-state index contributed by atoms with van der Waals surface area (Å²) in [5.41, 5.74) is 2.20. The molecule has 1 N–H and O–H groups in total. The summed E-state index contributed by atoms with van der Waals surface area (Å²) in [6.45, 7) is 3.11.